The molecule has 2 aromatic rings. The van der Waals surface area contributed by atoms with E-state index >= 15 is 0 Å². The van der Waals surface area contributed by atoms with Crippen molar-refractivity contribution >= 4 is 17.2 Å². The second kappa shape index (κ2) is 7.97. The lowest BCUT2D eigenvalue weighted by atomic mass is 10.1. The average molecular weight is 334 g/mol. The maximum atomic E-state index is 12.1. The molecule has 23 heavy (non-hydrogen) atoms. The van der Waals surface area contributed by atoms with E-state index < -0.39 is 0 Å². The van der Waals surface area contributed by atoms with Crippen molar-refractivity contribution in [2.45, 2.75) is 26.7 Å². The van der Waals surface area contributed by atoms with E-state index in [0.717, 1.165) is 22.7 Å². The lowest BCUT2D eigenvalue weighted by Crippen LogP contribution is -2.27. The van der Waals surface area contributed by atoms with E-state index in [0.29, 0.717) is 24.5 Å². The lowest BCUT2D eigenvalue weighted by Gasteiger charge is -2.10. The number of rotatable bonds is 7. The summed E-state index contributed by atoms with van der Waals surface area (Å²) in [5.74, 6) is 1.29. The van der Waals surface area contributed by atoms with Crippen LogP contribution in [0.15, 0.2) is 18.2 Å². The molecule has 0 fully saturated rings. The SMILES string of the molecule is COc1ccc(CC(=O)NCCc2sc(C)nc2C)cc1OC. The van der Waals surface area contributed by atoms with Crippen LogP contribution < -0.4 is 14.8 Å². The van der Waals surface area contributed by atoms with Gasteiger partial charge < -0.3 is 14.8 Å². The normalized spacial score (nSPS) is 10.4. The summed E-state index contributed by atoms with van der Waals surface area (Å²) in [5, 5.41) is 4.01. The molecule has 124 valence electrons. The summed E-state index contributed by atoms with van der Waals surface area (Å²) in [6.07, 6.45) is 1.13. The van der Waals surface area contributed by atoms with Crippen molar-refractivity contribution in [3.63, 3.8) is 0 Å². The molecule has 1 N–H and O–H groups in total. The minimum Gasteiger partial charge on any atom is -0.493 e. The molecule has 0 aliphatic carbocycles. The van der Waals surface area contributed by atoms with Crippen LogP contribution >= 0.6 is 11.3 Å². The van der Waals surface area contributed by atoms with Crippen LogP contribution in [0.1, 0.15) is 21.1 Å². The molecule has 0 aliphatic rings. The molecule has 1 amide bonds. The fourth-order valence-electron chi connectivity index (χ4n) is 2.36. The van der Waals surface area contributed by atoms with Crippen molar-refractivity contribution in [2.75, 3.05) is 20.8 Å². The van der Waals surface area contributed by atoms with Crippen molar-refractivity contribution < 1.29 is 14.3 Å². The van der Waals surface area contributed by atoms with Crippen molar-refractivity contribution in [3.8, 4) is 11.5 Å². The van der Waals surface area contributed by atoms with Gasteiger partial charge in [-0.15, -0.1) is 11.3 Å². The zero-order valence-corrected chi connectivity index (χ0v) is 14.8. The molecule has 1 aromatic carbocycles. The summed E-state index contributed by atoms with van der Waals surface area (Å²) in [6.45, 7) is 4.62. The predicted octanol–water partition coefficient (Wildman–Crippen LogP) is 2.68. The first kappa shape index (κ1) is 17.3. The van der Waals surface area contributed by atoms with E-state index in [2.05, 4.69) is 10.3 Å². The maximum absolute atomic E-state index is 12.1. The molecule has 1 aromatic heterocycles. The van der Waals surface area contributed by atoms with Gasteiger partial charge in [-0.1, -0.05) is 6.07 Å². The quantitative estimate of drug-likeness (QED) is 0.846. The van der Waals surface area contributed by atoms with Crippen LogP contribution in [0.3, 0.4) is 0 Å². The third-order valence-corrected chi connectivity index (χ3v) is 4.62. The predicted molar refractivity (Wildman–Crippen MR) is 91.6 cm³/mol. The number of ether oxygens (including phenoxy) is 2. The van der Waals surface area contributed by atoms with E-state index in [-0.39, 0.29) is 5.91 Å². The van der Waals surface area contributed by atoms with Crippen LogP contribution in [0.4, 0.5) is 0 Å². The van der Waals surface area contributed by atoms with E-state index in [4.69, 9.17) is 9.47 Å². The van der Waals surface area contributed by atoms with Crippen molar-refractivity contribution in [1.29, 1.82) is 0 Å². The van der Waals surface area contributed by atoms with E-state index in [9.17, 15) is 4.79 Å². The first-order valence-corrected chi connectivity index (χ1v) is 8.25. The molecule has 6 heteroatoms. The smallest absolute Gasteiger partial charge is 0.224 e. The minimum atomic E-state index is -0.00360. The highest BCUT2D eigenvalue weighted by atomic mass is 32.1. The van der Waals surface area contributed by atoms with Gasteiger partial charge in [0.1, 0.15) is 0 Å². The fraction of sp³-hybridized carbons (Fsp3) is 0.412. The monoisotopic (exact) mass is 334 g/mol. The number of aromatic nitrogens is 1. The Morgan fingerprint density at radius 3 is 2.57 bits per heavy atom. The second-order valence-electron chi connectivity index (χ2n) is 5.21. The number of amides is 1. The minimum absolute atomic E-state index is 0.00360. The largest absolute Gasteiger partial charge is 0.493 e. The summed E-state index contributed by atoms with van der Waals surface area (Å²) >= 11 is 1.69. The Bertz CT molecular complexity index is 682. The standard InChI is InChI=1S/C17H22N2O3S/c1-11-16(23-12(2)19-11)7-8-18-17(20)10-13-5-6-14(21-3)15(9-13)22-4/h5-6,9H,7-8,10H2,1-4H3,(H,18,20). The van der Waals surface area contributed by atoms with Crippen LogP contribution in [-0.2, 0) is 17.6 Å². The number of benzene rings is 1. The number of methoxy groups -OCH3 is 2. The van der Waals surface area contributed by atoms with Gasteiger partial charge in [0.15, 0.2) is 11.5 Å². The summed E-state index contributed by atoms with van der Waals surface area (Å²) in [7, 11) is 3.18. The first-order valence-electron chi connectivity index (χ1n) is 7.44. The van der Waals surface area contributed by atoms with Crippen molar-refractivity contribution in [3.05, 3.63) is 39.3 Å². The average Bonchev–Trinajstić information content (AvgIpc) is 2.85. The van der Waals surface area contributed by atoms with E-state index in [1.54, 1.807) is 25.6 Å². The highest BCUT2D eigenvalue weighted by Gasteiger charge is 2.09. The van der Waals surface area contributed by atoms with Crippen LogP contribution in [0.5, 0.6) is 11.5 Å². The Balaban J connectivity index is 1.86. The van der Waals surface area contributed by atoms with Gasteiger partial charge in [0, 0.05) is 17.8 Å². The van der Waals surface area contributed by atoms with Gasteiger partial charge in [-0.25, -0.2) is 4.98 Å². The van der Waals surface area contributed by atoms with Crippen LogP contribution in [0, 0.1) is 13.8 Å². The number of carbonyl (C=O) groups excluding carboxylic acids is 1. The van der Waals surface area contributed by atoms with Crippen molar-refractivity contribution in [1.82, 2.24) is 10.3 Å². The maximum Gasteiger partial charge on any atom is 0.224 e. The van der Waals surface area contributed by atoms with Gasteiger partial charge in [-0.2, -0.15) is 0 Å². The van der Waals surface area contributed by atoms with Crippen LogP contribution in [0.25, 0.3) is 0 Å². The molecule has 1 heterocycles. The number of hydrogen-bond donors (Lipinski definition) is 1. The summed E-state index contributed by atoms with van der Waals surface area (Å²) < 4.78 is 10.4. The fourth-order valence-corrected chi connectivity index (χ4v) is 3.30. The molecule has 0 spiro atoms. The molecule has 0 atom stereocenters. The summed E-state index contributed by atoms with van der Waals surface area (Å²) in [6, 6.07) is 5.51. The third-order valence-electron chi connectivity index (χ3n) is 3.49. The van der Waals surface area contributed by atoms with E-state index in [1.807, 2.05) is 32.0 Å². The van der Waals surface area contributed by atoms with Gasteiger partial charge in [0.05, 0.1) is 31.3 Å². The summed E-state index contributed by atoms with van der Waals surface area (Å²) in [5.41, 5.74) is 1.95. The Hall–Kier alpha value is -2.08. The van der Waals surface area contributed by atoms with Gasteiger partial charge in [0.25, 0.3) is 0 Å². The molecule has 5 nitrogen and oxygen atoms in total. The van der Waals surface area contributed by atoms with E-state index in [1.165, 1.54) is 4.88 Å². The highest BCUT2D eigenvalue weighted by Crippen LogP contribution is 2.27. The van der Waals surface area contributed by atoms with Gasteiger partial charge in [0.2, 0.25) is 5.91 Å². The lowest BCUT2D eigenvalue weighted by molar-refractivity contribution is -0.120. The molecular weight excluding hydrogens is 312 g/mol. The number of nitrogens with one attached hydrogen (secondary N) is 1. The molecule has 0 bridgehead atoms. The molecule has 2 rings (SSSR count). The second-order valence-corrected chi connectivity index (χ2v) is 6.50. The number of nitrogens with zero attached hydrogens (tertiary/aromatic N) is 1. The Labute approximate surface area is 140 Å². The highest BCUT2D eigenvalue weighted by molar-refractivity contribution is 7.11. The van der Waals surface area contributed by atoms with Crippen molar-refractivity contribution in [2.24, 2.45) is 0 Å². The Morgan fingerprint density at radius 2 is 1.96 bits per heavy atom. The molecule has 0 unspecified atom stereocenters. The Morgan fingerprint density at radius 1 is 1.22 bits per heavy atom. The molecule has 0 saturated carbocycles. The molecule has 0 aliphatic heterocycles. The number of hydrogen-bond acceptors (Lipinski definition) is 5. The topological polar surface area (TPSA) is 60.5 Å². The molecule has 0 saturated heterocycles. The number of thiazole rings is 1. The van der Waals surface area contributed by atoms with Gasteiger partial charge in [-0.05, 0) is 31.5 Å². The first-order chi connectivity index (χ1) is 11.0. The van der Waals surface area contributed by atoms with Gasteiger partial charge >= 0.3 is 0 Å². The zero-order chi connectivity index (χ0) is 16.8. The van der Waals surface area contributed by atoms with Gasteiger partial charge in [-0.3, -0.25) is 4.79 Å². The molecular formula is C17H22N2O3S. The number of aryl methyl sites for hydroxylation is 2. The van der Waals surface area contributed by atoms with Crippen LogP contribution in [-0.4, -0.2) is 31.7 Å². The molecule has 0 radical (unpaired) electrons. The Kier molecular flexibility index (Phi) is 5.98. The number of carbonyl (C=O) groups is 1. The third kappa shape index (κ3) is 4.69. The summed E-state index contributed by atoms with van der Waals surface area (Å²) in [4.78, 5) is 17.7. The van der Waals surface area contributed by atoms with Crippen LogP contribution in [0.2, 0.25) is 0 Å². The zero-order valence-electron chi connectivity index (χ0n) is 13.9.